The third-order valence-electron chi connectivity index (χ3n) is 2.70. The lowest BCUT2D eigenvalue weighted by Crippen LogP contribution is -2.39. The zero-order chi connectivity index (χ0) is 10.5. The van der Waals surface area contributed by atoms with E-state index in [0.29, 0.717) is 6.04 Å². The standard InChI is InChI=1S/C10H18N4S/c1-2-9-13-10(15-14-9)12-7-8-5-3-4-6-11-8/h8,11H,2-7H2,1H3,(H,12,13,14). The van der Waals surface area contributed by atoms with Crippen LogP contribution in [-0.4, -0.2) is 28.5 Å². The smallest absolute Gasteiger partial charge is 0.202 e. The molecule has 0 bridgehead atoms. The Balaban J connectivity index is 1.76. The molecular weight excluding hydrogens is 208 g/mol. The molecule has 15 heavy (non-hydrogen) atoms. The van der Waals surface area contributed by atoms with Gasteiger partial charge in [0.25, 0.3) is 0 Å². The number of piperidine rings is 1. The Hall–Kier alpha value is -0.680. The van der Waals surface area contributed by atoms with Crippen LogP contribution in [0.3, 0.4) is 0 Å². The fraction of sp³-hybridized carbons (Fsp3) is 0.800. The maximum absolute atomic E-state index is 4.38. The predicted octanol–water partition coefficient (Wildman–Crippen LogP) is 1.65. The second kappa shape index (κ2) is 5.42. The molecule has 1 fully saturated rings. The quantitative estimate of drug-likeness (QED) is 0.819. The molecule has 0 saturated carbocycles. The normalized spacial score (nSPS) is 21.5. The van der Waals surface area contributed by atoms with Crippen molar-refractivity contribution in [1.82, 2.24) is 14.7 Å². The number of aryl methyl sites for hydroxylation is 1. The van der Waals surface area contributed by atoms with Gasteiger partial charge in [-0.05, 0) is 19.4 Å². The van der Waals surface area contributed by atoms with Crippen LogP contribution in [0.4, 0.5) is 5.13 Å². The molecule has 1 unspecified atom stereocenters. The summed E-state index contributed by atoms with van der Waals surface area (Å²) in [5.74, 6) is 0.944. The summed E-state index contributed by atoms with van der Waals surface area (Å²) in [5.41, 5.74) is 0. The Kier molecular flexibility index (Phi) is 3.91. The lowest BCUT2D eigenvalue weighted by Gasteiger charge is -2.23. The first-order valence-electron chi connectivity index (χ1n) is 5.68. The topological polar surface area (TPSA) is 49.8 Å². The number of nitrogens with zero attached hydrogens (tertiary/aromatic N) is 2. The number of nitrogens with one attached hydrogen (secondary N) is 2. The minimum absolute atomic E-state index is 0.604. The summed E-state index contributed by atoms with van der Waals surface area (Å²) in [6.07, 6.45) is 4.84. The van der Waals surface area contributed by atoms with Crippen LogP contribution in [0.25, 0.3) is 0 Å². The molecule has 5 heteroatoms. The number of hydrogen-bond donors (Lipinski definition) is 2. The predicted molar refractivity (Wildman–Crippen MR) is 63.4 cm³/mol. The Morgan fingerprint density at radius 3 is 3.13 bits per heavy atom. The number of rotatable bonds is 4. The van der Waals surface area contributed by atoms with Gasteiger partial charge in [-0.25, -0.2) is 4.98 Å². The van der Waals surface area contributed by atoms with Gasteiger partial charge in [0.15, 0.2) is 0 Å². The van der Waals surface area contributed by atoms with Gasteiger partial charge >= 0.3 is 0 Å². The van der Waals surface area contributed by atoms with Crippen LogP contribution in [-0.2, 0) is 6.42 Å². The fourth-order valence-corrected chi connectivity index (χ4v) is 2.43. The molecule has 0 aliphatic carbocycles. The molecule has 1 saturated heterocycles. The van der Waals surface area contributed by atoms with Crippen molar-refractivity contribution in [3.63, 3.8) is 0 Å². The zero-order valence-corrected chi connectivity index (χ0v) is 9.94. The average Bonchev–Trinajstić information content (AvgIpc) is 2.76. The summed E-state index contributed by atoms with van der Waals surface area (Å²) in [4.78, 5) is 4.38. The van der Waals surface area contributed by atoms with Gasteiger partial charge in [0.2, 0.25) is 5.13 Å². The van der Waals surface area contributed by atoms with Crippen molar-refractivity contribution in [2.45, 2.75) is 38.6 Å². The second-order valence-electron chi connectivity index (χ2n) is 3.90. The second-order valence-corrected chi connectivity index (χ2v) is 4.65. The maximum atomic E-state index is 4.38. The molecule has 4 nitrogen and oxygen atoms in total. The summed E-state index contributed by atoms with van der Waals surface area (Å²) in [6.45, 7) is 4.20. The van der Waals surface area contributed by atoms with Gasteiger partial charge in [-0.15, -0.1) is 0 Å². The van der Waals surface area contributed by atoms with Gasteiger partial charge in [0, 0.05) is 30.5 Å². The summed E-state index contributed by atoms with van der Waals surface area (Å²) in [5, 5.41) is 7.81. The van der Waals surface area contributed by atoms with E-state index in [4.69, 9.17) is 0 Å². The third kappa shape index (κ3) is 3.14. The minimum atomic E-state index is 0.604. The molecule has 0 aromatic carbocycles. The molecule has 0 radical (unpaired) electrons. The lowest BCUT2D eigenvalue weighted by atomic mass is 10.1. The summed E-state index contributed by atoms with van der Waals surface area (Å²) < 4.78 is 4.25. The van der Waals surface area contributed by atoms with Crippen LogP contribution in [0.2, 0.25) is 0 Å². The molecule has 1 aliphatic heterocycles. The Morgan fingerprint density at radius 2 is 2.47 bits per heavy atom. The van der Waals surface area contributed by atoms with Gasteiger partial charge in [-0.1, -0.05) is 13.3 Å². The largest absolute Gasteiger partial charge is 0.359 e. The van der Waals surface area contributed by atoms with Crippen molar-refractivity contribution < 1.29 is 0 Å². The number of aromatic nitrogens is 2. The van der Waals surface area contributed by atoms with Gasteiger partial charge < -0.3 is 10.6 Å². The van der Waals surface area contributed by atoms with Crippen molar-refractivity contribution in [2.24, 2.45) is 0 Å². The number of anilines is 1. The zero-order valence-electron chi connectivity index (χ0n) is 9.12. The summed E-state index contributed by atoms with van der Waals surface area (Å²) in [7, 11) is 0. The molecule has 0 amide bonds. The van der Waals surface area contributed by atoms with Crippen LogP contribution in [0.5, 0.6) is 0 Å². The molecule has 2 N–H and O–H groups in total. The highest BCUT2D eigenvalue weighted by atomic mass is 32.1. The molecule has 1 aromatic heterocycles. The Bertz CT molecular complexity index is 293. The minimum Gasteiger partial charge on any atom is -0.359 e. The molecule has 1 aromatic rings. The average molecular weight is 226 g/mol. The van der Waals surface area contributed by atoms with E-state index in [1.165, 1.54) is 30.8 Å². The van der Waals surface area contributed by atoms with Gasteiger partial charge in [-0.3, -0.25) is 0 Å². The first-order valence-corrected chi connectivity index (χ1v) is 6.45. The Morgan fingerprint density at radius 1 is 1.53 bits per heavy atom. The van der Waals surface area contributed by atoms with Crippen LogP contribution < -0.4 is 10.6 Å². The van der Waals surface area contributed by atoms with E-state index in [0.717, 1.165) is 30.5 Å². The highest BCUT2D eigenvalue weighted by Crippen LogP contribution is 2.13. The number of hydrogen-bond acceptors (Lipinski definition) is 5. The van der Waals surface area contributed by atoms with Crippen LogP contribution >= 0.6 is 11.5 Å². The van der Waals surface area contributed by atoms with E-state index < -0.39 is 0 Å². The van der Waals surface area contributed by atoms with Crippen molar-refractivity contribution in [3.05, 3.63) is 5.82 Å². The van der Waals surface area contributed by atoms with E-state index in [1.807, 2.05) is 0 Å². The molecule has 0 spiro atoms. The highest BCUT2D eigenvalue weighted by molar-refractivity contribution is 7.09. The summed E-state index contributed by atoms with van der Waals surface area (Å²) in [6, 6.07) is 0.604. The van der Waals surface area contributed by atoms with E-state index >= 15 is 0 Å². The van der Waals surface area contributed by atoms with Crippen LogP contribution in [0.15, 0.2) is 0 Å². The van der Waals surface area contributed by atoms with E-state index in [-0.39, 0.29) is 0 Å². The van der Waals surface area contributed by atoms with Gasteiger partial charge in [-0.2, -0.15) is 4.37 Å². The van der Waals surface area contributed by atoms with Crippen molar-refractivity contribution in [3.8, 4) is 0 Å². The molecule has 2 heterocycles. The van der Waals surface area contributed by atoms with Crippen molar-refractivity contribution in [2.75, 3.05) is 18.4 Å². The van der Waals surface area contributed by atoms with E-state index in [1.54, 1.807) is 0 Å². The molecular formula is C10H18N4S. The molecule has 84 valence electrons. The SMILES string of the molecule is CCc1nsc(NCC2CCCCN2)n1. The van der Waals surface area contributed by atoms with Crippen molar-refractivity contribution in [1.29, 1.82) is 0 Å². The molecule has 2 rings (SSSR count). The highest BCUT2D eigenvalue weighted by Gasteiger charge is 2.12. The first kappa shape index (κ1) is 10.8. The van der Waals surface area contributed by atoms with Crippen LogP contribution in [0, 0.1) is 0 Å². The maximum Gasteiger partial charge on any atom is 0.202 e. The Labute approximate surface area is 94.7 Å². The molecule has 1 atom stereocenters. The van der Waals surface area contributed by atoms with Crippen molar-refractivity contribution >= 4 is 16.7 Å². The monoisotopic (exact) mass is 226 g/mol. The third-order valence-corrected chi connectivity index (χ3v) is 3.41. The molecule has 1 aliphatic rings. The van der Waals surface area contributed by atoms with Gasteiger partial charge in [0.1, 0.15) is 5.82 Å². The fourth-order valence-electron chi connectivity index (χ4n) is 1.78. The lowest BCUT2D eigenvalue weighted by molar-refractivity contribution is 0.414. The van der Waals surface area contributed by atoms with Gasteiger partial charge in [0.05, 0.1) is 0 Å². The van der Waals surface area contributed by atoms with E-state index in [2.05, 4.69) is 26.9 Å². The van der Waals surface area contributed by atoms with Crippen LogP contribution in [0.1, 0.15) is 32.0 Å². The first-order chi connectivity index (χ1) is 7.38. The summed E-state index contributed by atoms with van der Waals surface area (Å²) >= 11 is 1.46. The van der Waals surface area contributed by atoms with E-state index in [9.17, 15) is 0 Å².